The maximum atomic E-state index is 13.0. The molecule has 0 amide bonds. The first kappa shape index (κ1) is 18.9. The number of hydrogen-bond donors (Lipinski definition) is 0. The third-order valence-corrected chi connectivity index (χ3v) is 5.24. The molecule has 148 valence electrons. The van der Waals surface area contributed by atoms with Crippen molar-refractivity contribution in [3.63, 3.8) is 0 Å². The van der Waals surface area contributed by atoms with Gasteiger partial charge in [-0.15, -0.1) is 0 Å². The fourth-order valence-corrected chi connectivity index (χ4v) is 3.77. The molecule has 1 aliphatic carbocycles. The summed E-state index contributed by atoms with van der Waals surface area (Å²) in [5.74, 6) is 0.683. The maximum Gasteiger partial charge on any atom is 0.194 e. The van der Waals surface area contributed by atoms with Crippen molar-refractivity contribution in [3.8, 4) is 29.5 Å². The van der Waals surface area contributed by atoms with E-state index >= 15 is 0 Å². The average Bonchev–Trinajstić information content (AvgIpc) is 3.47. The summed E-state index contributed by atoms with van der Waals surface area (Å²) in [6.45, 7) is 0. The third kappa shape index (κ3) is 2.91. The van der Waals surface area contributed by atoms with Crippen LogP contribution in [0.5, 0.6) is 0 Å². The Balaban J connectivity index is 1.58. The van der Waals surface area contributed by atoms with Crippen molar-refractivity contribution in [3.05, 3.63) is 94.3 Å². The van der Waals surface area contributed by atoms with E-state index in [2.05, 4.69) is 6.07 Å². The summed E-state index contributed by atoms with van der Waals surface area (Å²) < 4.78 is 11.7. The largest absolute Gasteiger partial charge is 0.453 e. The lowest BCUT2D eigenvalue weighted by Gasteiger charge is -2.00. The number of hydrogen-bond acceptors (Lipinski definition) is 6. The molecular weight excluding hydrogens is 402 g/mol. The molecule has 0 unspecified atom stereocenters. The smallest absolute Gasteiger partial charge is 0.194 e. The molecular formula is C26H11N3O3. The third-order valence-electron chi connectivity index (χ3n) is 5.24. The molecule has 2 aromatic heterocycles. The van der Waals surface area contributed by atoms with Crippen LogP contribution in [0, 0.1) is 34.0 Å². The second-order valence-corrected chi connectivity index (χ2v) is 7.08. The first-order valence-electron chi connectivity index (χ1n) is 9.57. The van der Waals surface area contributed by atoms with Crippen molar-refractivity contribution < 1.29 is 13.6 Å². The number of furan rings is 2. The van der Waals surface area contributed by atoms with Crippen LogP contribution in [0.3, 0.4) is 0 Å². The summed E-state index contributed by atoms with van der Waals surface area (Å²) in [6.07, 6.45) is 1.53. The van der Waals surface area contributed by atoms with E-state index in [9.17, 15) is 15.3 Å². The van der Waals surface area contributed by atoms with E-state index < -0.39 is 0 Å². The van der Waals surface area contributed by atoms with Crippen molar-refractivity contribution in [2.24, 2.45) is 0 Å². The van der Waals surface area contributed by atoms with E-state index in [0.717, 1.165) is 5.56 Å². The Morgan fingerprint density at radius 2 is 1.53 bits per heavy atom. The monoisotopic (exact) mass is 413 g/mol. The van der Waals surface area contributed by atoms with Gasteiger partial charge in [0.05, 0.1) is 11.6 Å². The van der Waals surface area contributed by atoms with E-state index in [1.54, 1.807) is 60.7 Å². The van der Waals surface area contributed by atoms with Crippen LogP contribution in [0.4, 0.5) is 0 Å². The van der Waals surface area contributed by atoms with E-state index in [-0.39, 0.29) is 16.9 Å². The topological polar surface area (TPSA) is 115 Å². The fraction of sp³-hybridized carbons (Fsp3) is 0. The number of nitriles is 3. The molecule has 0 atom stereocenters. The van der Waals surface area contributed by atoms with Gasteiger partial charge in [0.1, 0.15) is 29.2 Å². The van der Waals surface area contributed by atoms with Crippen molar-refractivity contribution in [2.45, 2.75) is 0 Å². The Morgan fingerprint density at radius 3 is 2.19 bits per heavy atom. The predicted octanol–water partition coefficient (Wildman–Crippen LogP) is 5.65. The highest BCUT2D eigenvalue weighted by atomic mass is 16.4. The molecule has 6 heteroatoms. The Morgan fingerprint density at radius 1 is 0.844 bits per heavy atom. The van der Waals surface area contributed by atoms with Crippen LogP contribution in [0.2, 0.25) is 0 Å². The highest BCUT2D eigenvalue weighted by molar-refractivity contribution is 6.29. The van der Waals surface area contributed by atoms with Gasteiger partial charge in [-0.2, -0.15) is 15.8 Å². The van der Waals surface area contributed by atoms with Gasteiger partial charge < -0.3 is 8.83 Å². The molecule has 0 bridgehead atoms. The molecule has 2 aromatic carbocycles. The second-order valence-electron chi connectivity index (χ2n) is 7.08. The van der Waals surface area contributed by atoms with Crippen LogP contribution in [-0.2, 0) is 0 Å². The Bertz CT molecular complexity index is 1560. The first-order chi connectivity index (χ1) is 15.6. The van der Waals surface area contributed by atoms with Crippen LogP contribution >= 0.6 is 0 Å². The van der Waals surface area contributed by atoms with Crippen molar-refractivity contribution in [1.82, 2.24) is 0 Å². The zero-order valence-electron chi connectivity index (χ0n) is 16.4. The number of allylic oxidation sites excluding steroid dienone is 3. The fourth-order valence-electron chi connectivity index (χ4n) is 3.77. The van der Waals surface area contributed by atoms with E-state index in [0.29, 0.717) is 44.9 Å². The number of ketones is 1. The molecule has 0 fully saturated rings. The molecule has 2 heterocycles. The lowest BCUT2D eigenvalue weighted by Crippen LogP contribution is -1.95. The molecule has 6 nitrogen and oxygen atoms in total. The molecule has 0 N–H and O–H groups in total. The van der Waals surface area contributed by atoms with E-state index in [1.807, 2.05) is 12.1 Å². The van der Waals surface area contributed by atoms with Crippen molar-refractivity contribution >= 4 is 28.6 Å². The lowest BCUT2D eigenvalue weighted by atomic mass is 9.99. The van der Waals surface area contributed by atoms with Crippen LogP contribution in [0.25, 0.3) is 34.1 Å². The van der Waals surface area contributed by atoms with Crippen molar-refractivity contribution in [2.75, 3.05) is 0 Å². The van der Waals surface area contributed by atoms with Gasteiger partial charge in [0.25, 0.3) is 0 Å². The standard InChI is InChI=1S/C26H11N3O3/c27-12-15-5-7-16(8-6-15)22-11-24-23(32-22)10-18(31-24)9-21-25(17(13-28)14-29)19-3-1-2-4-20(19)26(21)30/h1-11H/b21-9-. The van der Waals surface area contributed by atoms with Gasteiger partial charge in [-0.05, 0) is 35.9 Å². The average molecular weight is 413 g/mol. The first-order valence-corrected chi connectivity index (χ1v) is 9.57. The summed E-state index contributed by atoms with van der Waals surface area (Å²) in [6, 6.07) is 23.1. The molecule has 0 aliphatic heterocycles. The van der Waals surface area contributed by atoms with Crippen LogP contribution in [0.15, 0.2) is 80.6 Å². The van der Waals surface area contributed by atoms with Crippen LogP contribution in [-0.4, -0.2) is 5.78 Å². The SMILES string of the molecule is N#CC(C#N)=C1/C(=C/c2cc3oc(-c4ccc(C#N)cc4)cc3o2)C(=O)c2ccccc21. The minimum atomic E-state index is -0.273. The van der Waals surface area contributed by atoms with Crippen LogP contribution < -0.4 is 0 Å². The number of benzene rings is 2. The summed E-state index contributed by atoms with van der Waals surface area (Å²) in [7, 11) is 0. The zero-order valence-corrected chi connectivity index (χ0v) is 16.4. The number of nitrogens with zero attached hydrogens (tertiary/aromatic N) is 3. The molecule has 5 rings (SSSR count). The van der Waals surface area contributed by atoms with Gasteiger partial charge in [-0.1, -0.05) is 24.3 Å². The molecule has 1 aliphatic rings. The van der Waals surface area contributed by atoms with Crippen molar-refractivity contribution in [1.29, 1.82) is 15.8 Å². The Labute approximate surface area is 182 Å². The second kappa shape index (κ2) is 7.29. The van der Waals surface area contributed by atoms with Gasteiger partial charge in [0.2, 0.25) is 0 Å². The number of carbonyl (C=O) groups excluding carboxylic acids is 1. The summed E-state index contributed by atoms with van der Waals surface area (Å²) in [4.78, 5) is 13.0. The number of carbonyl (C=O) groups is 1. The number of fused-ring (bicyclic) bond motifs is 2. The maximum absolute atomic E-state index is 13.0. The van der Waals surface area contributed by atoms with Gasteiger partial charge in [0, 0.05) is 34.4 Å². The lowest BCUT2D eigenvalue weighted by molar-refractivity contribution is 0.104. The van der Waals surface area contributed by atoms with Crippen LogP contribution in [0.1, 0.15) is 27.2 Å². The molecule has 0 spiro atoms. The Hall–Kier alpha value is -5.12. The van der Waals surface area contributed by atoms with Gasteiger partial charge in [0.15, 0.2) is 16.9 Å². The van der Waals surface area contributed by atoms with Gasteiger partial charge in [-0.25, -0.2) is 0 Å². The molecule has 32 heavy (non-hydrogen) atoms. The van der Waals surface area contributed by atoms with Gasteiger partial charge >= 0.3 is 0 Å². The number of rotatable bonds is 2. The van der Waals surface area contributed by atoms with E-state index in [1.165, 1.54) is 6.08 Å². The molecule has 0 saturated carbocycles. The summed E-state index contributed by atoms with van der Waals surface area (Å²) in [5.41, 5.74) is 3.74. The molecule has 0 saturated heterocycles. The highest BCUT2D eigenvalue weighted by Crippen LogP contribution is 2.40. The Kier molecular flexibility index (Phi) is 4.30. The number of Topliss-reactive ketones (excluding diaryl/α,β-unsaturated/α-hetero) is 1. The summed E-state index contributed by atoms with van der Waals surface area (Å²) >= 11 is 0. The quantitative estimate of drug-likeness (QED) is 0.310. The minimum absolute atomic E-state index is 0.132. The summed E-state index contributed by atoms with van der Waals surface area (Å²) in [5, 5.41) is 27.8. The van der Waals surface area contributed by atoms with E-state index in [4.69, 9.17) is 14.1 Å². The molecule has 4 aromatic rings. The zero-order chi connectivity index (χ0) is 22.2. The molecule has 0 radical (unpaired) electrons. The normalized spacial score (nSPS) is 13.6. The highest BCUT2D eigenvalue weighted by Gasteiger charge is 2.32. The minimum Gasteiger partial charge on any atom is -0.453 e. The van der Waals surface area contributed by atoms with Gasteiger partial charge in [-0.3, -0.25) is 4.79 Å². The predicted molar refractivity (Wildman–Crippen MR) is 116 cm³/mol.